The van der Waals surface area contributed by atoms with Crippen molar-refractivity contribution in [2.45, 2.75) is 0 Å². The van der Waals surface area contributed by atoms with Crippen LogP contribution in [0.5, 0.6) is 17.2 Å². The summed E-state index contributed by atoms with van der Waals surface area (Å²) in [5, 5.41) is 11.7. The summed E-state index contributed by atoms with van der Waals surface area (Å²) in [6.07, 6.45) is 1.42. The van der Waals surface area contributed by atoms with Crippen LogP contribution in [-0.2, 0) is 4.79 Å². The molecule has 100 valence electrons. The molecule has 1 aromatic rings. The maximum Gasteiger partial charge on any atom is 0.290 e. The highest BCUT2D eigenvalue weighted by Gasteiger charge is 2.25. The van der Waals surface area contributed by atoms with Crippen molar-refractivity contribution in [3.05, 3.63) is 22.6 Å². The van der Waals surface area contributed by atoms with E-state index in [1.54, 1.807) is 12.1 Å². The van der Waals surface area contributed by atoms with Gasteiger partial charge in [0, 0.05) is 5.56 Å². The predicted octanol–water partition coefficient (Wildman–Crippen LogP) is 1.73. The van der Waals surface area contributed by atoms with Gasteiger partial charge in [-0.3, -0.25) is 14.9 Å². The third kappa shape index (κ3) is 2.50. The van der Waals surface area contributed by atoms with Crippen LogP contribution in [-0.4, -0.2) is 30.5 Å². The zero-order valence-electron chi connectivity index (χ0n) is 10.2. The third-order valence-corrected chi connectivity index (χ3v) is 3.29. The third-order valence-electron chi connectivity index (χ3n) is 2.48. The van der Waals surface area contributed by atoms with Gasteiger partial charge in [0.15, 0.2) is 11.5 Å². The Labute approximate surface area is 113 Å². The van der Waals surface area contributed by atoms with E-state index in [1.165, 1.54) is 20.3 Å². The van der Waals surface area contributed by atoms with E-state index in [0.717, 1.165) is 11.8 Å². The van der Waals surface area contributed by atoms with Crippen LogP contribution in [0.1, 0.15) is 5.56 Å². The quantitative estimate of drug-likeness (QED) is 0.821. The molecule has 0 radical (unpaired) electrons. The molecule has 0 aliphatic carbocycles. The standard InChI is InChI=1S/C12H11NO5S/c1-17-7-4-3-6(9(14)10(7)18-2)5-8-11(15)13-12(16)19-8/h3-5,14H,1-2H3,(H,13,15,16). The number of carbonyl (C=O) groups excluding carboxylic acids is 2. The fourth-order valence-electron chi connectivity index (χ4n) is 1.60. The minimum atomic E-state index is -0.482. The molecular weight excluding hydrogens is 270 g/mol. The number of benzene rings is 1. The van der Waals surface area contributed by atoms with Crippen LogP contribution in [0.3, 0.4) is 0 Å². The van der Waals surface area contributed by atoms with Crippen LogP contribution in [0, 0.1) is 0 Å². The first-order chi connectivity index (χ1) is 9.06. The summed E-state index contributed by atoms with van der Waals surface area (Å²) in [5.74, 6) is -0.0837. The van der Waals surface area contributed by atoms with Gasteiger partial charge in [-0.05, 0) is 30.0 Å². The number of hydrogen-bond acceptors (Lipinski definition) is 6. The maximum absolute atomic E-state index is 11.4. The molecule has 0 bridgehead atoms. The van der Waals surface area contributed by atoms with Crippen LogP contribution in [0.2, 0.25) is 0 Å². The molecular formula is C12H11NO5S. The second-order valence-electron chi connectivity index (χ2n) is 3.59. The fraction of sp³-hybridized carbons (Fsp3) is 0.167. The van der Waals surface area contributed by atoms with Gasteiger partial charge in [0.1, 0.15) is 0 Å². The van der Waals surface area contributed by atoms with Crippen molar-refractivity contribution < 1.29 is 24.2 Å². The van der Waals surface area contributed by atoms with Gasteiger partial charge in [0.25, 0.3) is 11.1 Å². The molecule has 1 saturated heterocycles. The Hall–Kier alpha value is -2.15. The van der Waals surface area contributed by atoms with Crippen molar-refractivity contribution in [2.75, 3.05) is 14.2 Å². The van der Waals surface area contributed by atoms with Gasteiger partial charge in [-0.2, -0.15) is 0 Å². The smallest absolute Gasteiger partial charge is 0.290 e. The number of aromatic hydroxyl groups is 1. The molecule has 2 rings (SSSR count). The lowest BCUT2D eigenvalue weighted by Gasteiger charge is -2.10. The van der Waals surface area contributed by atoms with Gasteiger partial charge in [-0.25, -0.2) is 0 Å². The number of rotatable bonds is 3. The molecule has 0 spiro atoms. The fourth-order valence-corrected chi connectivity index (χ4v) is 2.28. The molecule has 1 fully saturated rings. The van der Waals surface area contributed by atoms with E-state index in [1.807, 2.05) is 0 Å². The van der Waals surface area contributed by atoms with E-state index in [9.17, 15) is 14.7 Å². The monoisotopic (exact) mass is 281 g/mol. The number of nitrogens with one attached hydrogen (secondary N) is 1. The average Bonchev–Trinajstić information content (AvgIpc) is 2.70. The van der Waals surface area contributed by atoms with E-state index in [0.29, 0.717) is 11.3 Å². The first-order valence-electron chi connectivity index (χ1n) is 5.25. The van der Waals surface area contributed by atoms with Gasteiger partial charge < -0.3 is 14.6 Å². The Bertz CT molecular complexity index is 582. The van der Waals surface area contributed by atoms with E-state index in [-0.39, 0.29) is 16.4 Å². The van der Waals surface area contributed by atoms with Crippen LogP contribution in [0.4, 0.5) is 4.79 Å². The van der Waals surface area contributed by atoms with Gasteiger partial charge in [0.2, 0.25) is 5.75 Å². The molecule has 1 aromatic carbocycles. The molecule has 2 N–H and O–H groups in total. The normalized spacial score (nSPS) is 16.6. The minimum absolute atomic E-state index is 0.151. The zero-order chi connectivity index (χ0) is 14.0. The second kappa shape index (κ2) is 5.23. The second-order valence-corrected chi connectivity index (χ2v) is 4.61. The van der Waals surface area contributed by atoms with E-state index >= 15 is 0 Å². The summed E-state index contributed by atoms with van der Waals surface area (Å²) in [7, 11) is 2.85. The molecule has 0 unspecified atom stereocenters. The molecule has 6 nitrogen and oxygen atoms in total. The van der Waals surface area contributed by atoms with Crippen LogP contribution >= 0.6 is 11.8 Å². The largest absolute Gasteiger partial charge is 0.504 e. The molecule has 0 aromatic heterocycles. The zero-order valence-corrected chi connectivity index (χ0v) is 11.0. The number of carbonyl (C=O) groups is 2. The average molecular weight is 281 g/mol. The lowest BCUT2D eigenvalue weighted by atomic mass is 10.1. The van der Waals surface area contributed by atoms with Crippen LogP contribution in [0.25, 0.3) is 6.08 Å². The molecule has 7 heteroatoms. The Morgan fingerprint density at radius 1 is 1.26 bits per heavy atom. The Kier molecular flexibility index (Phi) is 3.66. The maximum atomic E-state index is 11.4. The topological polar surface area (TPSA) is 84.9 Å². The molecule has 19 heavy (non-hydrogen) atoms. The van der Waals surface area contributed by atoms with E-state index in [4.69, 9.17) is 9.47 Å². The van der Waals surface area contributed by atoms with Crippen molar-refractivity contribution in [3.63, 3.8) is 0 Å². The number of phenols is 1. The molecule has 1 aliphatic heterocycles. The van der Waals surface area contributed by atoms with Gasteiger partial charge in [-0.15, -0.1) is 0 Å². The highest BCUT2D eigenvalue weighted by atomic mass is 32.2. The Morgan fingerprint density at radius 3 is 2.53 bits per heavy atom. The molecule has 1 aliphatic rings. The van der Waals surface area contributed by atoms with Gasteiger partial charge in [-0.1, -0.05) is 0 Å². The summed E-state index contributed by atoms with van der Waals surface area (Å²) >= 11 is 0.779. The first-order valence-corrected chi connectivity index (χ1v) is 6.07. The molecule has 0 atom stereocenters. The van der Waals surface area contributed by atoms with Gasteiger partial charge >= 0.3 is 0 Å². The lowest BCUT2D eigenvalue weighted by molar-refractivity contribution is -0.115. The Morgan fingerprint density at radius 2 is 2.00 bits per heavy atom. The number of thioether (sulfide) groups is 1. The number of amides is 2. The number of ether oxygens (including phenoxy) is 2. The summed E-state index contributed by atoms with van der Waals surface area (Å²) in [5.41, 5.74) is 0.366. The minimum Gasteiger partial charge on any atom is -0.504 e. The predicted molar refractivity (Wildman–Crippen MR) is 70.3 cm³/mol. The van der Waals surface area contributed by atoms with Crippen molar-refractivity contribution >= 4 is 29.0 Å². The van der Waals surface area contributed by atoms with Gasteiger partial charge in [0.05, 0.1) is 19.1 Å². The number of methoxy groups -OCH3 is 2. The number of imide groups is 1. The molecule has 1 heterocycles. The Balaban J connectivity index is 2.44. The summed E-state index contributed by atoms with van der Waals surface area (Å²) in [4.78, 5) is 22.7. The van der Waals surface area contributed by atoms with Crippen LogP contribution in [0.15, 0.2) is 17.0 Å². The number of phenolic OH excluding ortho intramolecular Hbond substituents is 1. The highest BCUT2D eigenvalue weighted by Crippen LogP contribution is 2.40. The van der Waals surface area contributed by atoms with Crippen molar-refractivity contribution in [1.29, 1.82) is 0 Å². The van der Waals surface area contributed by atoms with Crippen molar-refractivity contribution in [2.24, 2.45) is 0 Å². The van der Waals surface area contributed by atoms with Crippen LogP contribution < -0.4 is 14.8 Å². The van der Waals surface area contributed by atoms with E-state index in [2.05, 4.69) is 5.32 Å². The van der Waals surface area contributed by atoms with Crippen molar-refractivity contribution in [3.8, 4) is 17.2 Å². The first kappa shape index (κ1) is 13.3. The lowest BCUT2D eigenvalue weighted by Crippen LogP contribution is -2.17. The summed E-state index contributed by atoms with van der Waals surface area (Å²) in [6.45, 7) is 0. The van der Waals surface area contributed by atoms with Crippen molar-refractivity contribution in [1.82, 2.24) is 5.32 Å². The summed E-state index contributed by atoms with van der Waals surface area (Å²) in [6, 6.07) is 3.17. The molecule has 0 saturated carbocycles. The summed E-state index contributed by atoms with van der Waals surface area (Å²) < 4.78 is 10.1. The molecule has 2 amide bonds. The number of hydrogen-bond donors (Lipinski definition) is 2. The SMILES string of the molecule is COc1ccc(C=C2SC(=O)NC2=O)c(O)c1OC. The highest BCUT2D eigenvalue weighted by molar-refractivity contribution is 8.18. The van der Waals surface area contributed by atoms with E-state index < -0.39 is 11.1 Å².